The van der Waals surface area contributed by atoms with E-state index in [0.29, 0.717) is 18.3 Å². The van der Waals surface area contributed by atoms with Gasteiger partial charge in [0.25, 0.3) is 0 Å². The topological polar surface area (TPSA) is 30.5 Å². The number of halogens is 3. The van der Waals surface area contributed by atoms with Gasteiger partial charge in [-0.3, -0.25) is 0 Å². The third-order valence-electron chi connectivity index (χ3n) is 2.71. The Morgan fingerprint density at radius 1 is 1.17 bits per heavy atom. The molecule has 0 spiro atoms. The van der Waals surface area contributed by atoms with E-state index in [1.54, 1.807) is 0 Å². The van der Waals surface area contributed by atoms with E-state index in [0.717, 1.165) is 19.5 Å². The van der Waals surface area contributed by atoms with Gasteiger partial charge < -0.3 is 14.8 Å². The fourth-order valence-electron chi connectivity index (χ4n) is 1.81. The Kier molecular flexibility index (Phi) is 3.96. The van der Waals surface area contributed by atoms with Gasteiger partial charge in [-0.1, -0.05) is 0 Å². The lowest BCUT2D eigenvalue weighted by atomic mass is 10.1. The minimum absolute atomic E-state index is 0.239. The molecule has 1 aromatic rings. The van der Waals surface area contributed by atoms with Gasteiger partial charge in [0.15, 0.2) is 0 Å². The fraction of sp³-hybridized carbons (Fsp3) is 0.500. The van der Waals surface area contributed by atoms with Crippen molar-refractivity contribution in [2.75, 3.05) is 19.7 Å². The summed E-state index contributed by atoms with van der Waals surface area (Å²) in [7, 11) is 0. The lowest BCUT2D eigenvalue weighted by molar-refractivity contribution is -0.274. The normalized spacial score (nSPS) is 19.8. The summed E-state index contributed by atoms with van der Waals surface area (Å²) in [5, 5.41) is 3.22. The first-order chi connectivity index (χ1) is 8.53. The molecule has 18 heavy (non-hydrogen) atoms. The van der Waals surface area contributed by atoms with E-state index in [1.165, 1.54) is 24.3 Å². The first-order valence-corrected chi connectivity index (χ1v) is 5.72. The third kappa shape index (κ3) is 4.10. The van der Waals surface area contributed by atoms with Gasteiger partial charge in [-0.2, -0.15) is 0 Å². The molecule has 1 N–H and O–H groups in total. The van der Waals surface area contributed by atoms with Crippen LogP contribution in [0.25, 0.3) is 0 Å². The second kappa shape index (κ2) is 5.48. The molecule has 0 aliphatic carbocycles. The molecule has 1 fully saturated rings. The number of hydrogen-bond acceptors (Lipinski definition) is 3. The summed E-state index contributed by atoms with van der Waals surface area (Å²) in [6.07, 6.45) is -3.59. The average molecular weight is 261 g/mol. The van der Waals surface area contributed by atoms with Crippen LogP contribution in [0.5, 0.6) is 11.5 Å². The van der Waals surface area contributed by atoms with E-state index >= 15 is 0 Å². The van der Waals surface area contributed by atoms with Gasteiger partial charge in [0.1, 0.15) is 11.5 Å². The van der Waals surface area contributed by atoms with E-state index in [1.807, 2.05) is 0 Å². The minimum atomic E-state index is -4.65. The third-order valence-corrected chi connectivity index (χ3v) is 2.71. The van der Waals surface area contributed by atoms with E-state index < -0.39 is 6.36 Å². The Labute approximate surface area is 103 Å². The molecule has 6 heteroatoms. The van der Waals surface area contributed by atoms with Crippen molar-refractivity contribution >= 4 is 0 Å². The SMILES string of the molecule is FC(F)(F)Oc1ccc(OCC2CCNC2)cc1. The second-order valence-corrected chi connectivity index (χ2v) is 4.19. The first kappa shape index (κ1) is 13.0. The van der Waals surface area contributed by atoms with E-state index in [4.69, 9.17) is 4.74 Å². The van der Waals surface area contributed by atoms with Crippen molar-refractivity contribution in [1.82, 2.24) is 5.32 Å². The van der Waals surface area contributed by atoms with Gasteiger partial charge in [-0.05, 0) is 37.2 Å². The summed E-state index contributed by atoms with van der Waals surface area (Å²) < 4.78 is 45.1. The van der Waals surface area contributed by atoms with Crippen LogP contribution >= 0.6 is 0 Å². The molecule has 1 heterocycles. The fourth-order valence-corrected chi connectivity index (χ4v) is 1.81. The van der Waals surface area contributed by atoms with Crippen molar-refractivity contribution in [3.8, 4) is 11.5 Å². The molecule has 0 aromatic heterocycles. The summed E-state index contributed by atoms with van der Waals surface area (Å²) >= 11 is 0. The summed E-state index contributed by atoms with van der Waals surface area (Å²) in [6.45, 7) is 2.49. The molecule has 1 aliphatic rings. The van der Waals surface area contributed by atoms with E-state index in [2.05, 4.69) is 10.1 Å². The molecule has 0 amide bonds. The highest BCUT2D eigenvalue weighted by molar-refractivity contribution is 5.31. The molecule has 2 rings (SSSR count). The van der Waals surface area contributed by atoms with Crippen LogP contribution in [0.2, 0.25) is 0 Å². The lowest BCUT2D eigenvalue weighted by Gasteiger charge is -2.12. The highest BCUT2D eigenvalue weighted by Gasteiger charge is 2.30. The number of ether oxygens (including phenoxy) is 2. The van der Waals surface area contributed by atoms with Crippen molar-refractivity contribution in [3.63, 3.8) is 0 Å². The summed E-state index contributed by atoms with van der Waals surface area (Å²) in [4.78, 5) is 0. The lowest BCUT2D eigenvalue weighted by Crippen LogP contribution is -2.17. The van der Waals surface area contributed by atoms with E-state index in [-0.39, 0.29) is 5.75 Å². The predicted octanol–water partition coefficient (Wildman–Crippen LogP) is 2.57. The maximum atomic E-state index is 11.9. The van der Waals surface area contributed by atoms with Crippen molar-refractivity contribution in [1.29, 1.82) is 0 Å². The molecule has 3 nitrogen and oxygen atoms in total. The molecule has 1 aliphatic heterocycles. The molecular formula is C12H14F3NO2. The van der Waals surface area contributed by atoms with Crippen molar-refractivity contribution in [2.45, 2.75) is 12.8 Å². The van der Waals surface area contributed by atoms with E-state index in [9.17, 15) is 13.2 Å². The van der Waals surface area contributed by atoms with Crippen LogP contribution in [0.4, 0.5) is 13.2 Å². The van der Waals surface area contributed by atoms with Crippen molar-refractivity contribution < 1.29 is 22.6 Å². The maximum Gasteiger partial charge on any atom is 0.573 e. The van der Waals surface area contributed by atoms with Gasteiger partial charge in [0.2, 0.25) is 0 Å². The molecule has 1 unspecified atom stereocenters. The number of hydrogen-bond donors (Lipinski definition) is 1. The Morgan fingerprint density at radius 2 is 1.83 bits per heavy atom. The van der Waals surface area contributed by atoms with Gasteiger partial charge in [-0.15, -0.1) is 13.2 Å². The number of benzene rings is 1. The van der Waals surface area contributed by atoms with Crippen LogP contribution < -0.4 is 14.8 Å². The minimum Gasteiger partial charge on any atom is -0.493 e. The monoisotopic (exact) mass is 261 g/mol. The van der Waals surface area contributed by atoms with Crippen LogP contribution in [-0.2, 0) is 0 Å². The molecule has 1 aromatic carbocycles. The zero-order valence-corrected chi connectivity index (χ0v) is 9.67. The van der Waals surface area contributed by atoms with Gasteiger partial charge in [-0.25, -0.2) is 0 Å². The first-order valence-electron chi connectivity index (χ1n) is 5.72. The molecule has 0 saturated carbocycles. The zero-order chi connectivity index (χ0) is 13.0. The smallest absolute Gasteiger partial charge is 0.493 e. The molecule has 0 bridgehead atoms. The average Bonchev–Trinajstić information content (AvgIpc) is 2.79. The van der Waals surface area contributed by atoms with Crippen molar-refractivity contribution in [2.24, 2.45) is 5.92 Å². The molecule has 0 radical (unpaired) electrons. The zero-order valence-electron chi connectivity index (χ0n) is 9.67. The standard InChI is InChI=1S/C12H14F3NO2/c13-12(14,15)18-11-3-1-10(2-4-11)17-8-9-5-6-16-7-9/h1-4,9,16H,5-8H2. The second-order valence-electron chi connectivity index (χ2n) is 4.19. The summed E-state index contributed by atoms with van der Waals surface area (Å²) in [5.74, 6) is 0.782. The van der Waals surface area contributed by atoms with Crippen molar-refractivity contribution in [3.05, 3.63) is 24.3 Å². The van der Waals surface area contributed by atoms with Gasteiger partial charge in [0, 0.05) is 12.5 Å². The van der Waals surface area contributed by atoms with Crippen LogP contribution in [-0.4, -0.2) is 26.1 Å². The molecule has 1 saturated heterocycles. The summed E-state index contributed by atoms with van der Waals surface area (Å²) in [6, 6.07) is 5.44. The highest BCUT2D eigenvalue weighted by Crippen LogP contribution is 2.25. The Hall–Kier alpha value is -1.43. The number of alkyl halides is 3. The van der Waals surface area contributed by atoms with Crippen LogP contribution in [0.3, 0.4) is 0 Å². The highest BCUT2D eigenvalue weighted by atomic mass is 19.4. The summed E-state index contributed by atoms with van der Waals surface area (Å²) in [5.41, 5.74) is 0. The Morgan fingerprint density at radius 3 is 2.39 bits per heavy atom. The Bertz CT molecular complexity index is 372. The number of nitrogens with one attached hydrogen (secondary N) is 1. The number of rotatable bonds is 4. The Balaban J connectivity index is 1.83. The van der Waals surface area contributed by atoms with Crippen LogP contribution in [0.15, 0.2) is 24.3 Å². The molecule has 1 atom stereocenters. The predicted molar refractivity (Wildman–Crippen MR) is 59.6 cm³/mol. The van der Waals surface area contributed by atoms with Gasteiger partial charge in [0.05, 0.1) is 6.61 Å². The molecular weight excluding hydrogens is 247 g/mol. The quantitative estimate of drug-likeness (QED) is 0.903. The molecule has 100 valence electrons. The van der Waals surface area contributed by atoms with Crippen LogP contribution in [0.1, 0.15) is 6.42 Å². The van der Waals surface area contributed by atoms with Gasteiger partial charge >= 0.3 is 6.36 Å². The maximum absolute atomic E-state index is 11.9. The largest absolute Gasteiger partial charge is 0.573 e. The van der Waals surface area contributed by atoms with Crippen LogP contribution in [0, 0.1) is 5.92 Å².